The summed E-state index contributed by atoms with van der Waals surface area (Å²) in [5.74, 6) is -0.380. The van der Waals surface area contributed by atoms with Crippen molar-refractivity contribution < 1.29 is 28.2 Å². The molecular formula is C32H31FN2O5. The lowest BCUT2D eigenvalue weighted by Gasteiger charge is -2.37. The Hall–Kier alpha value is -4.59. The molecule has 7 nitrogen and oxygen atoms in total. The van der Waals surface area contributed by atoms with Crippen molar-refractivity contribution >= 4 is 17.4 Å². The van der Waals surface area contributed by atoms with Gasteiger partial charge in [0, 0.05) is 40.4 Å². The molecule has 0 radical (unpaired) electrons. The first kappa shape index (κ1) is 27.0. The molecule has 1 amide bonds. The van der Waals surface area contributed by atoms with Gasteiger partial charge < -0.3 is 24.8 Å². The summed E-state index contributed by atoms with van der Waals surface area (Å²) in [4.78, 5) is 27.7. The van der Waals surface area contributed by atoms with E-state index in [0.717, 1.165) is 5.56 Å². The molecule has 3 aromatic carbocycles. The topological polar surface area (TPSA) is 85.9 Å². The van der Waals surface area contributed by atoms with E-state index in [1.807, 2.05) is 18.2 Å². The summed E-state index contributed by atoms with van der Waals surface area (Å²) in [6.07, 6.45) is 0.724. The Bertz CT molecular complexity index is 1540. The molecule has 0 saturated carbocycles. The summed E-state index contributed by atoms with van der Waals surface area (Å²) in [7, 11) is 4.67. The number of rotatable bonds is 7. The van der Waals surface area contributed by atoms with Crippen LogP contribution in [0.4, 0.5) is 10.1 Å². The molecule has 40 heavy (non-hydrogen) atoms. The third kappa shape index (κ3) is 4.93. The van der Waals surface area contributed by atoms with Gasteiger partial charge >= 0.3 is 0 Å². The Morgan fingerprint density at radius 3 is 2.33 bits per heavy atom. The van der Waals surface area contributed by atoms with Crippen LogP contribution in [0.1, 0.15) is 42.7 Å². The van der Waals surface area contributed by atoms with Crippen molar-refractivity contribution in [3.05, 3.63) is 106 Å². The van der Waals surface area contributed by atoms with E-state index < -0.39 is 17.6 Å². The van der Waals surface area contributed by atoms with Crippen molar-refractivity contribution in [1.29, 1.82) is 0 Å². The number of allylic oxidation sites excluding steroid dienone is 3. The molecule has 1 aliphatic carbocycles. The maximum Gasteiger partial charge on any atom is 0.254 e. The van der Waals surface area contributed by atoms with Gasteiger partial charge in [0.2, 0.25) is 0 Å². The minimum Gasteiger partial charge on any atom is -0.495 e. The Morgan fingerprint density at radius 1 is 0.900 bits per heavy atom. The first-order valence-electron chi connectivity index (χ1n) is 13.0. The fraction of sp³-hybridized carbons (Fsp3) is 0.250. The highest BCUT2D eigenvalue weighted by Crippen LogP contribution is 2.47. The third-order valence-electron chi connectivity index (χ3n) is 7.52. The SMILES string of the molecule is COc1ccccc1NC(=O)C1=C(C)NC2=C(C(=O)C[C@@H](c3ccc(OC)c(OC)c3)C2)[C@@H]1c1ccccc1F. The standard InChI is InChI=1S/C32H31FN2O5/c1-18-29(32(37)35-23-11-7-8-12-26(23)38-2)30(21-9-5-6-10-22(21)33)31-24(34-18)15-20(16-25(31)36)19-13-14-27(39-3)28(17-19)40-4/h5-14,17,20,30,34H,15-16H2,1-4H3,(H,35,37)/t20-,30+/m0/s1. The highest BCUT2D eigenvalue weighted by Gasteiger charge is 2.42. The number of hydrogen-bond acceptors (Lipinski definition) is 6. The van der Waals surface area contributed by atoms with Crippen LogP contribution in [0.2, 0.25) is 0 Å². The first-order valence-corrected chi connectivity index (χ1v) is 13.0. The van der Waals surface area contributed by atoms with Gasteiger partial charge in [0.05, 0.1) is 27.0 Å². The predicted octanol–water partition coefficient (Wildman–Crippen LogP) is 5.85. The zero-order valence-corrected chi connectivity index (χ0v) is 22.8. The average molecular weight is 543 g/mol. The molecule has 8 heteroatoms. The van der Waals surface area contributed by atoms with Gasteiger partial charge in [-0.25, -0.2) is 4.39 Å². The molecule has 0 bridgehead atoms. The van der Waals surface area contributed by atoms with Gasteiger partial charge in [0.1, 0.15) is 11.6 Å². The monoisotopic (exact) mass is 542 g/mol. The van der Waals surface area contributed by atoms with Crippen LogP contribution in [-0.4, -0.2) is 33.0 Å². The van der Waals surface area contributed by atoms with Gasteiger partial charge in [0.15, 0.2) is 17.3 Å². The van der Waals surface area contributed by atoms with E-state index in [0.29, 0.717) is 46.3 Å². The molecule has 5 rings (SSSR count). The van der Waals surface area contributed by atoms with E-state index in [9.17, 15) is 9.59 Å². The molecule has 1 heterocycles. The smallest absolute Gasteiger partial charge is 0.254 e. The molecule has 0 unspecified atom stereocenters. The lowest BCUT2D eigenvalue weighted by Crippen LogP contribution is -2.37. The Kier molecular flexibility index (Phi) is 7.60. The zero-order chi connectivity index (χ0) is 28.4. The second-order valence-corrected chi connectivity index (χ2v) is 9.81. The number of dihydropyridines is 1. The van der Waals surface area contributed by atoms with Crippen LogP contribution in [0.15, 0.2) is 89.3 Å². The van der Waals surface area contributed by atoms with Crippen molar-refractivity contribution in [2.24, 2.45) is 0 Å². The van der Waals surface area contributed by atoms with E-state index in [1.54, 1.807) is 63.6 Å². The summed E-state index contributed by atoms with van der Waals surface area (Å²) >= 11 is 0. The third-order valence-corrected chi connectivity index (χ3v) is 7.52. The minimum atomic E-state index is -0.869. The van der Waals surface area contributed by atoms with Gasteiger partial charge in [-0.1, -0.05) is 36.4 Å². The van der Waals surface area contributed by atoms with Gasteiger partial charge in [-0.05, 0) is 55.2 Å². The lowest BCUT2D eigenvalue weighted by atomic mass is 9.71. The van der Waals surface area contributed by atoms with E-state index in [-0.39, 0.29) is 29.3 Å². The number of carbonyl (C=O) groups is 2. The first-order chi connectivity index (χ1) is 19.4. The number of Topliss-reactive ketones (excluding diaryl/α,β-unsaturated/α-hetero) is 1. The number of ether oxygens (including phenoxy) is 3. The zero-order valence-electron chi connectivity index (χ0n) is 22.8. The summed E-state index contributed by atoms with van der Waals surface area (Å²) in [5, 5.41) is 6.24. The number of methoxy groups -OCH3 is 3. The number of halogens is 1. The number of nitrogens with one attached hydrogen (secondary N) is 2. The van der Waals surface area contributed by atoms with Gasteiger partial charge in [-0.3, -0.25) is 9.59 Å². The van der Waals surface area contributed by atoms with Crippen LogP contribution in [0.25, 0.3) is 0 Å². The van der Waals surface area contributed by atoms with Crippen LogP contribution in [0.5, 0.6) is 17.2 Å². The largest absolute Gasteiger partial charge is 0.495 e. The number of amides is 1. The minimum absolute atomic E-state index is 0.128. The Balaban J connectivity index is 1.56. The molecule has 0 saturated heterocycles. The maximum atomic E-state index is 15.3. The van der Waals surface area contributed by atoms with Gasteiger partial charge in [0.25, 0.3) is 5.91 Å². The molecule has 0 aromatic heterocycles. The van der Waals surface area contributed by atoms with Crippen LogP contribution >= 0.6 is 0 Å². The molecule has 2 aliphatic rings. The average Bonchev–Trinajstić information content (AvgIpc) is 2.96. The second kappa shape index (κ2) is 11.3. The van der Waals surface area contributed by atoms with E-state index in [2.05, 4.69) is 10.6 Å². The Labute approximate surface area is 232 Å². The highest BCUT2D eigenvalue weighted by atomic mass is 19.1. The van der Waals surface area contributed by atoms with E-state index >= 15 is 4.39 Å². The molecule has 0 spiro atoms. The highest BCUT2D eigenvalue weighted by molar-refractivity contribution is 6.10. The number of para-hydroxylation sites is 2. The van der Waals surface area contributed by atoms with E-state index in [4.69, 9.17) is 14.2 Å². The summed E-state index contributed by atoms with van der Waals surface area (Å²) in [5.41, 5.74) is 3.63. The predicted molar refractivity (Wildman–Crippen MR) is 150 cm³/mol. The van der Waals surface area contributed by atoms with Crippen molar-refractivity contribution in [2.45, 2.75) is 31.6 Å². The number of anilines is 1. The number of carbonyl (C=O) groups excluding carboxylic acids is 2. The molecule has 3 aromatic rings. The summed E-state index contributed by atoms with van der Waals surface area (Å²) in [6.45, 7) is 1.78. The van der Waals surface area contributed by atoms with Crippen LogP contribution in [0.3, 0.4) is 0 Å². The Morgan fingerprint density at radius 2 is 1.60 bits per heavy atom. The molecular weight excluding hydrogens is 511 g/mol. The summed E-state index contributed by atoms with van der Waals surface area (Å²) in [6, 6.07) is 19.0. The molecule has 206 valence electrons. The van der Waals surface area contributed by atoms with Crippen LogP contribution in [0, 0.1) is 5.82 Å². The fourth-order valence-electron chi connectivity index (χ4n) is 5.64. The molecule has 2 N–H and O–H groups in total. The number of ketones is 1. The molecule has 2 atom stereocenters. The maximum absolute atomic E-state index is 15.3. The van der Waals surface area contributed by atoms with Gasteiger partial charge in [-0.15, -0.1) is 0 Å². The number of benzene rings is 3. The van der Waals surface area contributed by atoms with Crippen molar-refractivity contribution in [3.63, 3.8) is 0 Å². The quantitative estimate of drug-likeness (QED) is 0.390. The molecule has 0 fully saturated rings. The second-order valence-electron chi connectivity index (χ2n) is 9.81. The lowest BCUT2D eigenvalue weighted by molar-refractivity contribution is -0.116. The molecule has 1 aliphatic heterocycles. The van der Waals surface area contributed by atoms with E-state index in [1.165, 1.54) is 13.2 Å². The van der Waals surface area contributed by atoms with Crippen molar-refractivity contribution in [2.75, 3.05) is 26.6 Å². The fourth-order valence-corrected chi connectivity index (χ4v) is 5.64. The van der Waals surface area contributed by atoms with Crippen molar-refractivity contribution in [1.82, 2.24) is 5.32 Å². The number of hydrogen-bond donors (Lipinski definition) is 2. The van der Waals surface area contributed by atoms with Crippen molar-refractivity contribution in [3.8, 4) is 17.2 Å². The van der Waals surface area contributed by atoms with Crippen LogP contribution in [-0.2, 0) is 9.59 Å². The van der Waals surface area contributed by atoms with Gasteiger partial charge in [-0.2, -0.15) is 0 Å². The normalized spacial score (nSPS) is 18.6. The van der Waals surface area contributed by atoms with Crippen LogP contribution < -0.4 is 24.8 Å². The summed E-state index contributed by atoms with van der Waals surface area (Å²) < 4.78 is 31.5.